The fourth-order valence-electron chi connectivity index (χ4n) is 1.38. The maximum absolute atomic E-state index is 5.23. The molecular weight excluding hydrogens is 164 g/mol. The molecule has 1 aliphatic heterocycles. The molecule has 1 aliphatic rings. The number of hydrogen-bond acceptors (Lipinski definition) is 3. The van der Waals surface area contributed by atoms with E-state index in [9.17, 15) is 0 Å². The summed E-state index contributed by atoms with van der Waals surface area (Å²) in [5, 5.41) is 0. The minimum Gasteiger partial charge on any atom is -0.341 e. The first-order chi connectivity index (χ1) is 6.19. The molecule has 3 unspecified atom stereocenters. The van der Waals surface area contributed by atoms with Crippen molar-refractivity contribution in [2.24, 2.45) is 15.9 Å². The van der Waals surface area contributed by atoms with Crippen LogP contribution in [0.3, 0.4) is 0 Å². The molecule has 3 heteroatoms. The van der Waals surface area contributed by atoms with Crippen LogP contribution in [0.1, 0.15) is 13.3 Å². The van der Waals surface area contributed by atoms with Crippen molar-refractivity contribution in [3.05, 3.63) is 12.2 Å². The Hall–Kier alpha value is -0.960. The van der Waals surface area contributed by atoms with Crippen LogP contribution < -0.4 is 0 Å². The lowest BCUT2D eigenvalue weighted by molar-refractivity contribution is 0.386. The highest BCUT2D eigenvalue weighted by molar-refractivity contribution is 5.60. The van der Waals surface area contributed by atoms with Crippen LogP contribution in [0.15, 0.2) is 22.1 Å². The van der Waals surface area contributed by atoms with Gasteiger partial charge in [0.05, 0.1) is 0 Å². The highest BCUT2D eigenvalue weighted by atomic mass is 16.6. The molecule has 0 radical (unpaired) electrons. The van der Waals surface area contributed by atoms with Crippen LogP contribution in [0, 0.1) is 5.92 Å². The van der Waals surface area contributed by atoms with Crippen molar-refractivity contribution in [2.75, 3.05) is 7.05 Å². The summed E-state index contributed by atoms with van der Waals surface area (Å²) in [5.74, 6) is 0.423. The fraction of sp³-hybridized carbons (Fsp3) is 0.600. The summed E-state index contributed by atoms with van der Waals surface area (Å²) in [6.45, 7) is 9.50. The molecule has 1 fully saturated rings. The highest BCUT2D eigenvalue weighted by Crippen LogP contribution is 2.31. The van der Waals surface area contributed by atoms with E-state index in [0.717, 1.165) is 12.0 Å². The van der Waals surface area contributed by atoms with Gasteiger partial charge in [0.25, 0.3) is 0 Å². The second-order valence-corrected chi connectivity index (χ2v) is 3.38. The van der Waals surface area contributed by atoms with Gasteiger partial charge < -0.3 is 9.73 Å². The molecule has 0 aliphatic carbocycles. The van der Waals surface area contributed by atoms with E-state index in [1.807, 2.05) is 6.21 Å². The lowest BCUT2D eigenvalue weighted by atomic mass is 10.0. The summed E-state index contributed by atoms with van der Waals surface area (Å²) in [6, 6.07) is 0. The number of epoxide rings is 1. The van der Waals surface area contributed by atoms with Gasteiger partial charge in [-0.2, -0.15) is 0 Å². The molecule has 1 heterocycles. The summed E-state index contributed by atoms with van der Waals surface area (Å²) in [4.78, 5) is 7.75. The molecule has 3 atom stereocenters. The standard InChI is InChI=1S/C10H16N2O/c1-7(6-11-3)5-8(2)9-10(12-4)13-9/h6-7,9-10H,2,4-5H2,1,3H3. The lowest BCUT2D eigenvalue weighted by Gasteiger charge is -2.05. The van der Waals surface area contributed by atoms with Crippen LogP contribution in [0.25, 0.3) is 0 Å². The predicted octanol–water partition coefficient (Wildman–Crippen LogP) is 1.69. The first-order valence-corrected chi connectivity index (χ1v) is 4.40. The van der Waals surface area contributed by atoms with E-state index < -0.39 is 0 Å². The molecule has 0 spiro atoms. The molecule has 0 N–H and O–H groups in total. The molecule has 0 aromatic rings. The average molecular weight is 180 g/mol. The molecule has 0 amide bonds. The van der Waals surface area contributed by atoms with Crippen LogP contribution in [-0.2, 0) is 4.74 Å². The molecule has 0 bridgehead atoms. The normalized spacial score (nSPS) is 28.8. The van der Waals surface area contributed by atoms with Crippen molar-refractivity contribution in [1.82, 2.24) is 0 Å². The summed E-state index contributed by atoms with van der Waals surface area (Å²) >= 11 is 0. The van der Waals surface area contributed by atoms with E-state index in [4.69, 9.17) is 4.74 Å². The van der Waals surface area contributed by atoms with Crippen molar-refractivity contribution < 1.29 is 4.74 Å². The maximum atomic E-state index is 5.23. The van der Waals surface area contributed by atoms with Crippen LogP contribution in [0.4, 0.5) is 0 Å². The molecule has 0 aromatic carbocycles. The number of aliphatic imine (C=N–C) groups is 2. The number of nitrogens with zero attached hydrogens (tertiary/aromatic N) is 2. The van der Waals surface area contributed by atoms with Crippen molar-refractivity contribution >= 4 is 12.9 Å². The molecule has 1 saturated heterocycles. The topological polar surface area (TPSA) is 37.2 Å². The summed E-state index contributed by atoms with van der Waals surface area (Å²) in [5.41, 5.74) is 1.09. The second kappa shape index (κ2) is 4.33. The first kappa shape index (κ1) is 10.1. The van der Waals surface area contributed by atoms with Crippen molar-refractivity contribution in [3.63, 3.8) is 0 Å². The van der Waals surface area contributed by atoms with E-state index in [-0.39, 0.29) is 12.3 Å². The second-order valence-electron chi connectivity index (χ2n) is 3.38. The van der Waals surface area contributed by atoms with Gasteiger partial charge in [-0.3, -0.25) is 4.99 Å². The molecule has 1 rings (SSSR count). The molecular formula is C10H16N2O. The number of hydrogen-bond donors (Lipinski definition) is 0. The predicted molar refractivity (Wildman–Crippen MR) is 55.5 cm³/mol. The zero-order valence-electron chi connectivity index (χ0n) is 8.23. The van der Waals surface area contributed by atoms with Crippen LogP contribution >= 0.6 is 0 Å². The highest BCUT2D eigenvalue weighted by Gasteiger charge is 2.39. The first-order valence-electron chi connectivity index (χ1n) is 4.40. The third kappa shape index (κ3) is 2.77. The largest absolute Gasteiger partial charge is 0.341 e. The molecule has 0 saturated carbocycles. The van der Waals surface area contributed by atoms with Crippen molar-refractivity contribution in [2.45, 2.75) is 25.7 Å². The fourth-order valence-corrected chi connectivity index (χ4v) is 1.38. The van der Waals surface area contributed by atoms with E-state index in [0.29, 0.717) is 5.92 Å². The van der Waals surface area contributed by atoms with Crippen molar-refractivity contribution in [3.8, 4) is 0 Å². The van der Waals surface area contributed by atoms with Gasteiger partial charge in [-0.25, -0.2) is 0 Å². The smallest absolute Gasteiger partial charge is 0.178 e. The van der Waals surface area contributed by atoms with E-state index >= 15 is 0 Å². The number of ether oxygens (including phenoxy) is 1. The van der Waals surface area contributed by atoms with Crippen LogP contribution in [0.2, 0.25) is 0 Å². The van der Waals surface area contributed by atoms with Gasteiger partial charge in [-0.15, -0.1) is 0 Å². The zero-order chi connectivity index (χ0) is 9.84. The Kier molecular flexibility index (Phi) is 3.37. The minimum absolute atomic E-state index is 0.0433. The van der Waals surface area contributed by atoms with Crippen LogP contribution in [0.5, 0.6) is 0 Å². The molecule has 0 aromatic heterocycles. The van der Waals surface area contributed by atoms with Crippen LogP contribution in [-0.4, -0.2) is 32.3 Å². The molecule has 3 nitrogen and oxygen atoms in total. The Morgan fingerprint density at radius 3 is 2.85 bits per heavy atom. The van der Waals surface area contributed by atoms with Gasteiger partial charge in [0.15, 0.2) is 6.23 Å². The third-order valence-corrected chi connectivity index (χ3v) is 2.04. The van der Waals surface area contributed by atoms with Gasteiger partial charge in [-0.1, -0.05) is 13.5 Å². The van der Waals surface area contributed by atoms with Gasteiger partial charge in [0, 0.05) is 13.3 Å². The van der Waals surface area contributed by atoms with E-state index in [2.05, 4.69) is 30.2 Å². The molecule has 13 heavy (non-hydrogen) atoms. The van der Waals surface area contributed by atoms with Gasteiger partial charge in [0.1, 0.15) is 6.10 Å². The third-order valence-electron chi connectivity index (χ3n) is 2.04. The van der Waals surface area contributed by atoms with Gasteiger partial charge in [0.2, 0.25) is 0 Å². The van der Waals surface area contributed by atoms with E-state index in [1.54, 1.807) is 7.05 Å². The van der Waals surface area contributed by atoms with Gasteiger partial charge in [-0.05, 0) is 24.6 Å². The minimum atomic E-state index is -0.0433. The Morgan fingerprint density at radius 2 is 2.38 bits per heavy atom. The maximum Gasteiger partial charge on any atom is 0.178 e. The average Bonchev–Trinajstić information content (AvgIpc) is 2.82. The van der Waals surface area contributed by atoms with Gasteiger partial charge >= 0.3 is 0 Å². The van der Waals surface area contributed by atoms with Crippen molar-refractivity contribution in [1.29, 1.82) is 0 Å². The van der Waals surface area contributed by atoms with E-state index in [1.165, 1.54) is 0 Å². The molecule has 72 valence electrons. The number of rotatable bonds is 5. The Morgan fingerprint density at radius 1 is 1.69 bits per heavy atom. The Labute approximate surface area is 79.2 Å². The SMILES string of the molecule is C=NC1OC1C(=C)CC(C)C=NC. The Balaban J connectivity index is 2.30. The monoisotopic (exact) mass is 180 g/mol. The Bertz CT molecular complexity index is 235. The summed E-state index contributed by atoms with van der Waals surface area (Å²) in [7, 11) is 1.78. The zero-order valence-corrected chi connectivity index (χ0v) is 8.23. The summed E-state index contributed by atoms with van der Waals surface area (Å²) in [6.07, 6.45) is 2.89. The lowest BCUT2D eigenvalue weighted by Crippen LogP contribution is -2.03. The summed E-state index contributed by atoms with van der Waals surface area (Å²) < 4.78 is 5.23. The quantitative estimate of drug-likeness (QED) is 0.360.